The molecule has 1 aromatic rings. The van der Waals surface area contributed by atoms with Gasteiger partial charge in [-0.25, -0.2) is 9.59 Å². The van der Waals surface area contributed by atoms with Crippen LogP contribution in [0.2, 0.25) is 0 Å². The van der Waals surface area contributed by atoms with Gasteiger partial charge in [-0.2, -0.15) is 0 Å². The zero-order valence-electron chi connectivity index (χ0n) is 16.3. The van der Waals surface area contributed by atoms with Gasteiger partial charge in [0.25, 0.3) is 5.69 Å². The minimum atomic E-state index is -0.813. The van der Waals surface area contributed by atoms with E-state index < -0.39 is 22.8 Å². The number of hydrogen-bond acceptors (Lipinski definition) is 7. The Morgan fingerprint density at radius 3 is 1.86 bits per heavy atom. The number of nitrogens with zero attached hydrogens (tertiary/aromatic N) is 1. The van der Waals surface area contributed by atoms with E-state index in [-0.39, 0.29) is 30.0 Å². The smallest absolute Gasteiger partial charge is 0.337 e. The largest absolute Gasteiger partial charge is 0.458 e. The van der Waals surface area contributed by atoms with E-state index in [1.165, 1.54) is 36.4 Å². The third-order valence-corrected chi connectivity index (χ3v) is 4.30. The van der Waals surface area contributed by atoms with Gasteiger partial charge in [-0.3, -0.25) is 10.1 Å². The number of nitro benzene ring substituents is 1. The molecule has 0 amide bonds. The number of nitrogens with one attached hydrogen (secondary N) is 1. The van der Waals surface area contributed by atoms with E-state index in [0.717, 1.165) is 0 Å². The van der Waals surface area contributed by atoms with Gasteiger partial charge in [0.2, 0.25) is 0 Å². The number of dihydropyridines is 1. The van der Waals surface area contributed by atoms with Crippen molar-refractivity contribution in [3.05, 3.63) is 87.8 Å². The van der Waals surface area contributed by atoms with Gasteiger partial charge in [0, 0.05) is 23.5 Å². The van der Waals surface area contributed by atoms with Gasteiger partial charge in [0.05, 0.1) is 22.0 Å². The van der Waals surface area contributed by atoms with Crippen molar-refractivity contribution >= 4 is 17.6 Å². The Labute approximate surface area is 168 Å². The van der Waals surface area contributed by atoms with Gasteiger partial charge in [-0.1, -0.05) is 37.4 Å². The second kappa shape index (κ2) is 9.50. The van der Waals surface area contributed by atoms with Gasteiger partial charge in [-0.15, -0.1) is 0 Å². The van der Waals surface area contributed by atoms with Crippen molar-refractivity contribution in [3.8, 4) is 0 Å². The fourth-order valence-electron chi connectivity index (χ4n) is 3.08. The molecule has 0 bridgehead atoms. The van der Waals surface area contributed by atoms with Crippen LogP contribution in [0.25, 0.3) is 0 Å². The summed E-state index contributed by atoms with van der Waals surface area (Å²) in [5.74, 6) is -2.06. The number of benzene rings is 1. The Balaban J connectivity index is 2.59. The summed E-state index contributed by atoms with van der Waals surface area (Å²) in [6.07, 6.45) is 2.87. The van der Waals surface area contributed by atoms with Crippen molar-refractivity contribution in [2.45, 2.75) is 19.8 Å². The molecule has 1 heterocycles. The number of rotatable bonds is 8. The van der Waals surface area contributed by atoms with Crippen LogP contribution in [0.5, 0.6) is 0 Å². The maximum Gasteiger partial charge on any atom is 0.337 e. The second-order valence-electron chi connectivity index (χ2n) is 6.26. The second-order valence-corrected chi connectivity index (χ2v) is 6.26. The molecule has 0 aliphatic carbocycles. The molecule has 1 aliphatic rings. The summed E-state index contributed by atoms with van der Waals surface area (Å²) in [6.45, 7) is 10.4. The summed E-state index contributed by atoms with van der Waals surface area (Å²) in [5.41, 5.74) is 1.89. The molecule has 8 heteroatoms. The van der Waals surface area contributed by atoms with Crippen molar-refractivity contribution in [3.63, 3.8) is 0 Å². The van der Waals surface area contributed by atoms with E-state index in [2.05, 4.69) is 18.5 Å². The number of nitro groups is 1. The van der Waals surface area contributed by atoms with Gasteiger partial charge in [0.1, 0.15) is 13.2 Å². The average molecular weight is 398 g/mol. The quantitative estimate of drug-likeness (QED) is 0.310. The first-order chi connectivity index (χ1) is 13.8. The molecule has 0 unspecified atom stereocenters. The number of hydrogen-bond donors (Lipinski definition) is 1. The molecular formula is C21H22N2O6. The summed E-state index contributed by atoms with van der Waals surface area (Å²) in [4.78, 5) is 36.0. The molecule has 152 valence electrons. The molecule has 0 saturated heterocycles. The molecule has 0 spiro atoms. The molecule has 0 saturated carbocycles. The van der Waals surface area contributed by atoms with Gasteiger partial charge >= 0.3 is 11.9 Å². The van der Waals surface area contributed by atoms with Crippen LogP contribution in [-0.2, 0) is 19.1 Å². The van der Waals surface area contributed by atoms with Crippen molar-refractivity contribution in [2.75, 3.05) is 13.2 Å². The van der Waals surface area contributed by atoms with Crippen molar-refractivity contribution in [1.82, 2.24) is 5.32 Å². The molecular weight excluding hydrogens is 376 g/mol. The third-order valence-electron chi connectivity index (χ3n) is 4.30. The lowest BCUT2D eigenvalue weighted by Crippen LogP contribution is -2.32. The summed E-state index contributed by atoms with van der Waals surface area (Å²) < 4.78 is 10.4. The van der Waals surface area contributed by atoms with Crippen LogP contribution in [0.3, 0.4) is 0 Å². The Morgan fingerprint density at radius 1 is 1.03 bits per heavy atom. The molecule has 0 radical (unpaired) electrons. The lowest BCUT2D eigenvalue weighted by Gasteiger charge is -2.30. The Bertz CT molecular complexity index is 866. The zero-order valence-corrected chi connectivity index (χ0v) is 16.3. The van der Waals surface area contributed by atoms with Gasteiger partial charge in [0.15, 0.2) is 0 Å². The molecule has 1 N–H and O–H groups in total. The molecule has 29 heavy (non-hydrogen) atoms. The molecule has 8 nitrogen and oxygen atoms in total. The van der Waals surface area contributed by atoms with E-state index in [4.69, 9.17) is 9.47 Å². The van der Waals surface area contributed by atoms with Crippen LogP contribution in [-0.4, -0.2) is 30.1 Å². The van der Waals surface area contributed by atoms with Crippen molar-refractivity contribution in [2.24, 2.45) is 0 Å². The van der Waals surface area contributed by atoms with Crippen LogP contribution < -0.4 is 5.32 Å². The predicted molar refractivity (Wildman–Crippen MR) is 107 cm³/mol. The first-order valence-corrected chi connectivity index (χ1v) is 8.80. The monoisotopic (exact) mass is 398 g/mol. The zero-order chi connectivity index (χ0) is 21.6. The molecule has 2 rings (SSSR count). The normalized spacial score (nSPS) is 14.1. The summed E-state index contributed by atoms with van der Waals surface area (Å²) in [5, 5.41) is 14.0. The van der Waals surface area contributed by atoms with E-state index >= 15 is 0 Å². The highest BCUT2D eigenvalue weighted by Gasteiger charge is 2.38. The standard InChI is InChI=1S/C21H22N2O6/c1-5-11-28-20(24)17-13(3)22-14(4)18(21(25)29-12-6-2)19(17)15-7-9-16(10-8-15)23(26)27/h5-10,19,22H,1-2,11-12H2,3-4H3. The fraction of sp³-hybridized carbons (Fsp3) is 0.238. The van der Waals surface area contributed by atoms with Crippen molar-refractivity contribution < 1.29 is 24.0 Å². The van der Waals surface area contributed by atoms with E-state index in [0.29, 0.717) is 17.0 Å². The molecule has 0 fully saturated rings. The summed E-state index contributed by atoms with van der Waals surface area (Å²) in [7, 11) is 0. The maximum atomic E-state index is 12.7. The average Bonchev–Trinajstić information content (AvgIpc) is 2.69. The van der Waals surface area contributed by atoms with Crippen LogP contribution in [0.4, 0.5) is 5.69 Å². The van der Waals surface area contributed by atoms with Crippen LogP contribution >= 0.6 is 0 Å². The SMILES string of the molecule is C=CCOC(=O)C1=C(C)NC(C)=C(C(=O)OCC=C)C1c1ccc([N+](=O)[O-])cc1. The molecule has 1 aromatic carbocycles. The number of carbonyl (C=O) groups excluding carboxylic acids is 2. The Hall–Kier alpha value is -3.68. The minimum Gasteiger partial charge on any atom is -0.458 e. The number of esters is 2. The highest BCUT2D eigenvalue weighted by atomic mass is 16.6. The maximum absolute atomic E-state index is 12.7. The predicted octanol–water partition coefficient (Wildman–Crippen LogP) is 3.29. The third kappa shape index (κ3) is 4.78. The topological polar surface area (TPSA) is 108 Å². The molecule has 1 aliphatic heterocycles. The lowest BCUT2D eigenvalue weighted by atomic mass is 9.80. The lowest BCUT2D eigenvalue weighted by molar-refractivity contribution is -0.384. The van der Waals surface area contributed by atoms with Crippen LogP contribution in [0.1, 0.15) is 25.3 Å². The first kappa shape index (κ1) is 21.6. The molecule has 0 atom stereocenters. The Kier molecular flexibility index (Phi) is 7.08. The summed E-state index contributed by atoms with van der Waals surface area (Å²) >= 11 is 0. The number of carbonyl (C=O) groups is 2. The Morgan fingerprint density at radius 2 is 1.48 bits per heavy atom. The van der Waals surface area contributed by atoms with Crippen molar-refractivity contribution in [1.29, 1.82) is 0 Å². The summed E-state index contributed by atoms with van der Waals surface area (Å²) in [6, 6.07) is 5.66. The van der Waals surface area contributed by atoms with E-state index in [1.807, 2.05) is 0 Å². The number of non-ortho nitro benzene ring substituents is 1. The minimum absolute atomic E-state index is 0.00152. The van der Waals surface area contributed by atoms with Gasteiger partial charge < -0.3 is 14.8 Å². The van der Waals surface area contributed by atoms with Crippen LogP contribution in [0.15, 0.2) is 72.1 Å². The highest BCUT2D eigenvalue weighted by Crippen LogP contribution is 2.39. The first-order valence-electron chi connectivity index (χ1n) is 8.80. The van der Waals surface area contributed by atoms with Crippen LogP contribution in [0, 0.1) is 10.1 Å². The highest BCUT2D eigenvalue weighted by molar-refractivity contribution is 6.00. The fourth-order valence-corrected chi connectivity index (χ4v) is 3.08. The molecule has 0 aromatic heterocycles. The number of ether oxygens (including phenoxy) is 2. The van der Waals surface area contributed by atoms with E-state index in [1.54, 1.807) is 13.8 Å². The van der Waals surface area contributed by atoms with Gasteiger partial charge in [-0.05, 0) is 19.4 Å². The van der Waals surface area contributed by atoms with E-state index in [9.17, 15) is 19.7 Å². The number of allylic oxidation sites excluding steroid dienone is 2.